The number of halogens is 12. The Labute approximate surface area is 300 Å². The smallest absolute Gasteiger partial charge is 0.418 e. The Bertz CT molecular complexity index is 484. The molecule has 1 aromatic carbocycles. The molecule has 0 aliphatic heterocycles. The molecule has 20 heteroatoms. The first-order valence-electron chi connectivity index (χ1n) is 7.25. The van der Waals surface area contributed by atoms with E-state index in [-0.39, 0.29) is 160 Å². The predicted octanol–water partition coefficient (Wildman–Crippen LogP) is -2.92. The van der Waals surface area contributed by atoms with E-state index >= 15 is 0 Å². The first-order valence-corrected chi connectivity index (χ1v) is 7.25. The molecule has 166 valence electrons. The Morgan fingerprint density at radius 1 is 0.645 bits per heavy atom. The number of hydrogen-bond donors (Lipinski definition) is 0. The quantitative estimate of drug-likeness (QED) is 0.290. The number of rotatable bonds is 3. The van der Waals surface area contributed by atoms with Gasteiger partial charge in [0.25, 0.3) is 5.91 Å². The van der Waals surface area contributed by atoms with Gasteiger partial charge in [0.05, 0.1) is 0 Å². The first-order chi connectivity index (χ1) is 12.3. The molecule has 1 aromatic rings. The normalized spacial score (nSPS) is 9.87. The van der Waals surface area contributed by atoms with Crippen LogP contribution in [-0.4, -0.2) is 45.7 Å². The van der Waals surface area contributed by atoms with E-state index in [1.165, 1.54) is 0 Å². The van der Waals surface area contributed by atoms with Crippen molar-refractivity contribution >= 4 is 27.7 Å². The summed E-state index contributed by atoms with van der Waals surface area (Å²) in [4.78, 5) is 13.5. The predicted molar refractivity (Wildman–Crippen MR) is 84.3 cm³/mol. The first kappa shape index (κ1) is 47.2. The van der Waals surface area contributed by atoms with E-state index in [4.69, 9.17) is 0 Å². The van der Waals surface area contributed by atoms with E-state index in [0.29, 0.717) is 0 Å². The van der Waals surface area contributed by atoms with Crippen molar-refractivity contribution in [3.05, 3.63) is 35.9 Å². The number of hydrogen-bond acceptors (Lipinski definition) is 1. The fourth-order valence-electron chi connectivity index (χ4n) is 1.27. The van der Waals surface area contributed by atoms with Gasteiger partial charge in [-0.25, -0.2) is 0 Å². The average molecular weight is 555 g/mol. The zero-order valence-corrected chi connectivity index (χ0v) is 26.8. The average Bonchev–Trinajstić information content (AvgIpc) is 2.44. The Kier molecular flexibility index (Phi) is 37.5. The summed E-state index contributed by atoms with van der Waals surface area (Å²) in [6.45, 7) is 5.52. The van der Waals surface area contributed by atoms with Crippen LogP contribution in [0.25, 0.3) is 0 Å². The zero-order valence-electron chi connectivity index (χ0n) is 17.4. The van der Waals surface area contributed by atoms with Gasteiger partial charge in [0.15, 0.2) is 0 Å². The monoisotopic (exact) mass is 555 g/mol. The summed E-state index contributed by atoms with van der Waals surface area (Å²) < 4.78 is 117. The summed E-state index contributed by atoms with van der Waals surface area (Å²) in [5.41, 5.74) is 0.770. The topological polar surface area (TPSA) is 20.3 Å². The van der Waals surface area contributed by atoms with Crippen LogP contribution in [0.4, 0.5) is 51.8 Å². The summed E-state index contributed by atoms with van der Waals surface area (Å²) in [5.74, 6) is 0.116. The maximum atomic E-state index is 11.7. The molecule has 0 aliphatic rings. The van der Waals surface area contributed by atoms with Crippen LogP contribution >= 0.6 is 0 Å². The van der Waals surface area contributed by atoms with Crippen LogP contribution in [0.1, 0.15) is 24.2 Å². The maximum Gasteiger partial charge on any atom is 1.00 e. The van der Waals surface area contributed by atoms with E-state index in [0.717, 1.165) is 18.7 Å². The molecule has 0 aliphatic carbocycles. The van der Waals surface area contributed by atoms with Gasteiger partial charge in [-0.1, -0.05) is 18.2 Å². The van der Waals surface area contributed by atoms with Gasteiger partial charge in [-0.3, -0.25) is 4.79 Å². The SMILES string of the molecule is CCN(CC)C(=O)c1ccccc1.F[B-](F)(F)F.F[B-](F)(F)F.F[B-](F)(F)F.[K+].[K+].[K+]. The minimum atomic E-state index is -6.00. The van der Waals surface area contributed by atoms with Crippen molar-refractivity contribution in [1.82, 2.24) is 4.90 Å². The molecule has 1 rings (SSSR count). The van der Waals surface area contributed by atoms with Crippen molar-refractivity contribution in [2.75, 3.05) is 13.1 Å². The molecule has 0 saturated carbocycles. The second-order valence-electron chi connectivity index (χ2n) is 4.33. The largest absolute Gasteiger partial charge is 1.00 e. The Balaban J connectivity index is -0.0000000740. The van der Waals surface area contributed by atoms with Crippen molar-refractivity contribution in [3.8, 4) is 0 Å². The van der Waals surface area contributed by atoms with Gasteiger partial charge in [-0.15, -0.1) is 0 Å². The summed E-state index contributed by atoms with van der Waals surface area (Å²) in [7, 11) is -18.0. The second kappa shape index (κ2) is 24.6. The van der Waals surface area contributed by atoms with Crippen LogP contribution < -0.4 is 154 Å². The van der Waals surface area contributed by atoms with Gasteiger partial charge in [-0.2, -0.15) is 0 Å². The molecule has 0 atom stereocenters. The van der Waals surface area contributed by atoms with Crippen molar-refractivity contribution in [1.29, 1.82) is 0 Å². The second-order valence-corrected chi connectivity index (χ2v) is 4.33. The van der Waals surface area contributed by atoms with Crippen LogP contribution in [0, 0.1) is 0 Å². The van der Waals surface area contributed by atoms with Crippen LogP contribution in [0.5, 0.6) is 0 Å². The fourth-order valence-corrected chi connectivity index (χ4v) is 1.27. The van der Waals surface area contributed by atoms with Gasteiger partial charge in [0, 0.05) is 18.7 Å². The Morgan fingerprint density at radius 2 is 0.871 bits per heavy atom. The van der Waals surface area contributed by atoms with E-state index < -0.39 is 21.8 Å². The van der Waals surface area contributed by atoms with Gasteiger partial charge < -0.3 is 56.7 Å². The molecule has 0 aromatic heterocycles. The third kappa shape index (κ3) is 59.9. The van der Waals surface area contributed by atoms with Crippen LogP contribution in [-0.2, 0) is 0 Å². The van der Waals surface area contributed by atoms with Gasteiger partial charge in [-0.05, 0) is 26.0 Å². The zero-order chi connectivity index (χ0) is 23.2. The fraction of sp³-hybridized carbons (Fsp3) is 0.364. The third-order valence-corrected chi connectivity index (χ3v) is 2.07. The molecular formula is C11H15B3F12K3NO. The van der Waals surface area contributed by atoms with E-state index in [2.05, 4.69) is 0 Å². The molecule has 2 nitrogen and oxygen atoms in total. The van der Waals surface area contributed by atoms with E-state index in [1.54, 1.807) is 0 Å². The van der Waals surface area contributed by atoms with Gasteiger partial charge in [0.2, 0.25) is 0 Å². The van der Waals surface area contributed by atoms with Crippen LogP contribution in [0.3, 0.4) is 0 Å². The van der Waals surface area contributed by atoms with Crippen LogP contribution in [0.15, 0.2) is 30.3 Å². The van der Waals surface area contributed by atoms with Crippen molar-refractivity contribution < 1.29 is 211 Å². The Morgan fingerprint density at radius 3 is 1.06 bits per heavy atom. The van der Waals surface area contributed by atoms with Crippen molar-refractivity contribution in [2.24, 2.45) is 0 Å². The summed E-state index contributed by atoms with van der Waals surface area (Å²) in [6.07, 6.45) is 0. The van der Waals surface area contributed by atoms with Gasteiger partial charge >= 0.3 is 176 Å². The summed E-state index contributed by atoms with van der Waals surface area (Å²) in [6, 6.07) is 9.38. The number of carbonyl (C=O) groups excluding carboxylic acids is 1. The minimum Gasteiger partial charge on any atom is -0.418 e. The van der Waals surface area contributed by atoms with Crippen LogP contribution in [0.2, 0.25) is 0 Å². The van der Waals surface area contributed by atoms with Gasteiger partial charge in [0.1, 0.15) is 0 Å². The van der Waals surface area contributed by atoms with Crippen molar-refractivity contribution in [2.45, 2.75) is 13.8 Å². The number of benzene rings is 1. The molecule has 0 unspecified atom stereocenters. The summed E-state index contributed by atoms with van der Waals surface area (Å²) >= 11 is 0. The Hall–Kier alpha value is 2.95. The van der Waals surface area contributed by atoms with E-state index in [9.17, 15) is 56.6 Å². The van der Waals surface area contributed by atoms with Crippen molar-refractivity contribution in [3.63, 3.8) is 0 Å². The standard InChI is InChI=1S/C11H15NO.3BF4.3K/c1-3-12(4-2)11(13)10-8-6-5-7-9-10;3*2-1(3,4)5;;;/h5-9H,3-4H2,1-2H3;;;;;;/q;3*-1;3*+1. The molecule has 0 bridgehead atoms. The molecular weight excluding hydrogens is 540 g/mol. The van der Waals surface area contributed by atoms with E-state index in [1.807, 2.05) is 49.1 Å². The molecule has 0 radical (unpaired) electrons. The molecule has 1 amide bonds. The third-order valence-electron chi connectivity index (χ3n) is 2.07. The molecule has 0 saturated heterocycles. The molecule has 0 N–H and O–H groups in total. The number of nitrogens with zero attached hydrogens (tertiary/aromatic N) is 1. The number of carbonyl (C=O) groups is 1. The molecule has 0 fully saturated rings. The maximum absolute atomic E-state index is 11.7. The molecule has 0 heterocycles. The molecule has 0 spiro atoms. The minimum absolute atomic E-state index is 0. The molecule has 31 heavy (non-hydrogen) atoms. The number of amides is 1. The summed E-state index contributed by atoms with van der Waals surface area (Å²) in [5, 5.41) is 0.